The number of hydrogen-bond acceptors (Lipinski definition) is 6. The third kappa shape index (κ3) is 5.94. The minimum absolute atomic E-state index is 0.0258. The molecule has 2 aliphatic heterocycles. The van der Waals surface area contributed by atoms with Crippen LogP contribution in [0.2, 0.25) is 10.0 Å². The molecular weight excluding hydrogens is 604 g/mol. The van der Waals surface area contributed by atoms with E-state index in [-0.39, 0.29) is 24.6 Å². The van der Waals surface area contributed by atoms with Crippen molar-refractivity contribution in [3.63, 3.8) is 0 Å². The van der Waals surface area contributed by atoms with Crippen LogP contribution in [0.3, 0.4) is 0 Å². The van der Waals surface area contributed by atoms with Crippen LogP contribution >= 0.6 is 23.2 Å². The quantitative estimate of drug-likeness (QED) is 0.179. The highest BCUT2D eigenvalue weighted by Gasteiger charge is 2.53. The molecule has 4 atom stereocenters. The van der Waals surface area contributed by atoms with Crippen LogP contribution in [-0.4, -0.2) is 40.9 Å². The molecule has 0 spiro atoms. The monoisotopic (exact) mass is 641 g/mol. The SMILES string of the molecule is C=CCOC(=O)[C@@H](C)[C@@H](c1ccc(Cl)cc1)N1Cc2cc([C@](O)(CC)C3CCOCC3)cc(F)c2C1(O)c1ccc(Cl)cc1. The zero-order chi connectivity index (χ0) is 31.6. The minimum atomic E-state index is -2.00. The van der Waals surface area contributed by atoms with E-state index in [2.05, 4.69) is 6.58 Å². The summed E-state index contributed by atoms with van der Waals surface area (Å²) in [6, 6.07) is 16.0. The molecular formula is C35H38Cl2FNO5. The molecule has 1 saturated heterocycles. The number of nitrogens with zero attached hydrogens (tertiary/aromatic N) is 1. The van der Waals surface area contributed by atoms with Gasteiger partial charge in [0.05, 0.1) is 17.6 Å². The van der Waals surface area contributed by atoms with Crippen molar-refractivity contribution in [3.05, 3.63) is 117 Å². The molecule has 3 aromatic carbocycles. The van der Waals surface area contributed by atoms with Crippen molar-refractivity contribution in [3.8, 4) is 0 Å². The van der Waals surface area contributed by atoms with E-state index in [1.807, 2.05) is 6.92 Å². The van der Waals surface area contributed by atoms with Crippen LogP contribution in [-0.2, 0) is 32.1 Å². The van der Waals surface area contributed by atoms with Crippen molar-refractivity contribution in [1.82, 2.24) is 4.90 Å². The predicted octanol–water partition coefficient (Wildman–Crippen LogP) is 7.27. The molecule has 0 amide bonds. The van der Waals surface area contributed by atoms with Gasteiger partial charge < -0.3 is 19.7 Å². The largest absolute Gasteiger partial charge is 0.461 e. The molecule has 2 aliphatic rings. The molecule has 6 nitrogen and oxygen atoms in total. The number of esters is 1. The zero-order valence-electron chi connectivity index (χ0n) is 24.9. The van der Waals surface area contributed by atoms with Gasteiger partial charge in [0.15, 0.2) is 5.72 Å². The van der Waals surface area contributed by atoms with Crippen LogP contribution in [0.1, 0.15) is 67.0 Å². The topological polar surface area (TPSA) is 79.2 Å². The van der Waals surface area contributed by atoms with Crippen molar-refractivity contribution in [1.29, 1.82) is 0 Å². The third-order valence-electron chi connectivity index (χ3n) is 9.20. The van der Waals surface area contributed by atoms with Crippen LogP contribution in [0.5, 0.6) is 0 Å². The van der Waals surface area contributed by atoms with Gasteiger partial charge >= 0.3 is 5.97 Å². The summed E-state index contributed by atoms with van der Waals surface area (Å²) in [5.74, 6) is -2.04. The highest BCUT2D eigenvalue weighted by Crippen LogP contribution is 2.51. The van der Waals surface area contributed by atoms with E-state index >= 15 is 4.39 Å². The molecule has 44 heavy (non-hydrogen) atoms. The Bertz CT molecular complexity index is 1490. The van der Waals surface area contributed by atoms with Gasteiger partial charge in [0.25, 0.3) is 0 Å². The molecule has 0 bridgehead atoms. The first kappa shape index (κ1) is 32.6. The van der Waals surface area contributed by atoms with Gasteiger partial charge in [0, 0.05) is 40.9 Å². The number of fused-ring (bicyclic) bond motifs is 1. The maximum atomic E-state index is 16.6. The molecule has 1 unspecified atom stereocenters. The second-order valence-corrected chi connectivity index (χ2v) is 12.5. The van der Waals surface area contributed by atoms with E-state index in [9.17, 15) is 15.0 Å². The molecule has 234 valence electrons. The summed E-state index contributed by atoms with van der Waals surface area (Å²) in [4.78, 5) is 15.1. The Hall–Kier alpha value is -2.78. The highest BCUT2D eigenvalue weighted by atomic mass is 35.5. The smallest absolute Gasteiger partial charge is 0.310 e. The fourth-order valence-corrected chi connectivity index (χ4v) is 7.12. The number of rotatable bonds is 10. The van der Waals surface area contributed by atoms with Crippen LogP contribution in [0.15, 0.2) is 73.3 Å². The van der Waals surface area contributed by atoms with Crippen molar-refractivity contribution in [2.75, 3.05) is 19.8 Å². The standard InChI is InChI=1S/C35H38Cl2FNO5/c1-4-16-44-33(40)22(3)32(23-6-10-28(36)11-7-23)39-21-24-19-27(34(41,5-2)25-14-17-43-18-15-25)20-30(38)31(24)35(39,42)26-8-12-29(37)13-9-26/h4,6-13,19-20,22,25,32,41-42H,1,5,14-18,21H2,2-3H3/t22-,32-,34-,35?/m0/s1. The maximum Gasteiger partial charge on any atom is 0.310 e. The molecule has 1 fully saturated rings. The Morgan fingerprint density at radius 2 is 1.77 bits per heavy atom. The molecule has 3 aromatic rings. The highest BCUT2D eigenvalue weighted by molar-refractivity contribution is 6.30. The fourth-order valence-electron chi connectivity index (χ4n) is 6.87. The van der Waals surface area contributed by atoms with Crippen LogP contribution in [0.25, 0.3) is 0 Å². The number of aliphatic hydroxyl groups is 2. The molecule has 0 radical (unpaired) electrons. The first-order valence-corrected chi connectivity index (χ1v) is 15.7. The van der Waals surface area contributed by atoms with E-state index in [0.29, 0.717) is 64.8 Å². The van der Waals surface area contributed by atoms with Gasteiger partial charge in [-0.15, -0.1) is 0 Å². The van der Waals surface area contributed by atoms with E-state index in [0.717, 1.165) is 0 Å². The lowest BCUT2D eigenvalue weighted by Gasteiger charge is -2.42. The van der Waals surface area contributed by atoms with E-state index in [4.69, 9.17) is 32.7 Å². The number of hydrogen-bond donors (Lipinski definition) is 2. The summed E-state index contributed by atoms with van der Waals surface area (Å²) >= 11 is 12.4. The molecule has 5 rings (SSSR count). The third-order valence-corrected chi connectivity index (χ3v) is 9.70. The van der Waals surface area contributed by atoms with Crippen molar-refractivity contribution >= 4 is 29.2 Å². The summed E-state index contributed by atoms with van der Waals surface area (Å²) in [7, 11) is 0. The zero-order valence-corrected chi connectivity index (χ0v) is 26.5. The van der Waals surface area contributed by atoms with Gasteiger partial charge in [0.2, 0.25) is 0 Å². The second kappa shape index (κ2) is 13.3. The van der Waals surface area contributed by atoms with Gasteiger partial charge in [-0.2, -0.15) is 0 Å². The van der Waals surface area contributed by atoms with E-state index in [1.165, 1.54) is 12.1 Å². The van der Waals surface area contributed by atoms with Crippen molar-refractivity contribution in [2.24, 2.45) is 11.8 Å². The molecule has 2 heterocycles. The van der Waals surface area contributed by atoms with Crippen LogP contribution in [0.4, 0.5) is 4.39 Å². The average molecular weight is 643 g/mol. The minimum Gasteiger partial charge on any atom is -0.461 e. The fraction of sp³-hybridized carbons (Fsp3) is 0.400. The van der Waals surface area contributed by atoms with Gasteiger partial charge in [-0.05, 0) is 72.2 Å². The number of halogens is 3. The number of carbonyl (C=O) groups is 1. The first-order chi connectivity index (χ1) is 21.0. The normalized spacial score (nSPS) is 21.7. The molecule has 0 saturated carbocycles. The van der Waals surface area contributed by atoms with E-state index < -0.39 is 35.1 Å². The van der Waals surface area contributed by atoms with Crippen molar-refractivity contribution in [2.45, 2.75) is 57.0 Å². The predicted molar refractivity (Wildman–Crippen MR) is 169 cm³/mol. The Labute approximate surface area is 268 Å². The Morgan fingerprint density at radius 1 is 1.16 bits per heavy atom. The van der Waals surface area contributed by atoms with Gasteiger partial charge in [-0.25, -0.2) is 4.39 Å². The Balaban J connectivity index is 1.69. The van der Waals surface area contributed by atoms with Crippen molar-refractivity contribution < 1.29 is 28.9 Å². The number of carbonyl (C=O) groups excluding carboxylic acids is 1. The molecule has 9 heteroatoms. The van der Waals surface area contributed by atoms with Gasteiger partial charge in [-0.1, -0.05) is 80.0 Å². The van der Waals surface area contributed by atoms with Gasteiger partial charge in [-0.3, -0.25) is 9.69 Å². The molecule has 0 aromatic heterocycles. The summed E-state index contributed by atoms with van der Waals surface area (Å²) in [6.07, 6.45) is 3.20. The average Bonchev–Trinajstić information content (AvgIpc) is 3.34. The number of ether oxygens (including phenoxy) is 2. The number of benzene rings is 3. The lowest BCUT2D eigenvalue weighted by Crippen LogP contribution is -2.47. The van der Waals surface area contributed by atoms with Crippen LogP contribution in [0, 0.1) is 17.7 Å². The summed E-state index contributed by atoms with van der Waals surface area (Å²) < 4.78 is 27.6. The lowest BCUT2D eigenvalue weighted by atomic mass is 9.74. The summed E-state index contributed by atoms with van der Waals surface area (Å²) in [6.45, 7) is 8.43. The van der Waals surface area contributed by atoms with E-state index in [1.54, 1.807) is 66.4 Å². The molecule has 2 N–H and O–H groups in total. The second-order valence-electron chi connectivity index (χ2n) is 11.7. The maximum absolute atomic E-state index is 16.6. The van der Waals surface area contributed by atoms with Gasteiger partial charge in [0.1, 0.15) is 12.4 Å². The Kier molecular flexibility index (Phi) is 9.85. The molecule has 0 aliphatic carbocycles. The summed E-state index contributed by atoms with van der Waals surface area (Å²) in [5.41, 5.74) is -1.16. The lowest BCUT2D eigenvalue weighted by molar-refractivity contribution is -0.156. The first-order valence-electron chi connectivity index (χ1n) is 15.0. The Morgan fingerprint density at radius 3 is 2.36 bits per heavy atom. The van der Waals surface area contributed by atoms with Crippen LogP contribution < -0.4 is 0 Å². The summed E-state index contributed by atoms with van der Waals surface area (Å²) in [5, 5.41) is 25.8.